The molecule has 4 nitrogen and oxygen atoms in total. The van der Waals surface area contributed by atoms with E-state index in [0.29, 0.717) is 29.5 Å². The van der Waals surface area contributed by atoms with Crippen LogP contribution in [0.3, 0.4) is 0 Å². The molecular formula is C14H11ClN2O2. The quantitative estimate of drug-likeness (QED) is 0.860. The number of halogens is 1. The van der Waals surface area contributed by atoms with Crippen molar-refractivity contribution in [2.24, 2.45) is 0 Å². The van der Waals surface area contributed by atoms with E-state index in [1.165, 1.54) is 10.6 Å². The van der Waals surface area contributed by atoms with Gasteiger partial charge in [0.05, 0.1) is 12.1 Å². The van der Waals surface area contributed by atoms with Gasteiger partial charge < -0.3 is 9.30 Å². The third-order valence-corrected chi connectivity index (χ3v) is 2.79. The minimum absolute atomic E-state index is 0.0855. The van der Waals surface area contributed by atoms with E-state index < -0.39 is 0 Å². The van der Waals surface area contributed by atoms with Crippen molar-refractivity contribution in [1.29, 1.82) is 5.26 Å². The Hall–Kier alpha value is -2.25. The zero-order valence-corrected chi connectivity index (χ0v) is 10.8. The molecule has 0 atom stereocenters. The van der Waals surface area contributed by atoms with Crippen molar-refractivity contribution in [3.05, 3.63) is 63.5 Å². The second-order valence-corrected chi connectivity index (χ2v) is 4.27. The second kappa shape index (κ2) is 6.07. The Morgan fingerprint density at radius 2 is 2.16 bits per heavy atom. The fourth-order valence-electron chi connectivity index (χ4n) is 1.61. The first-order chi connectivity index (χ1) is 9.20. The van der Waals surface area contributed by atoms with Crippen LogP contribution in [-0.4, -0.2) is 11.2 Å². The fourth-order valence-corrected chi connectivity index (χ4v) is 1.77. The minimum Gasteiger partial charge on any atom is -0.490 e. The van der Waals surface area contributed by atoms with E-state index in [2.05, 4.69) is 0 Å². The van der Waals surface area contributed by atoms with Gasteiger partial charge in [0.25, 0.3) is 5.56 Å². The summed E-state index contributed by atoms with van der Waals surface area (Å²) in [6.07, 6.45) is 1.69. The van der Waals surface area contributed by atoms with Crippen LogP contribution in [0.25, 0.3) is 0 Å². The first-order valence-electron chi connectivity index (χ1n) is 5.68. The van der Waals surface area contributed by atoms with Crippen molar-refractivity contribution >= 4 is 11.6 Å². The highest BCUT2D eigenvalue weighted by molar-refractivity contribution is 6.30. The number of rotatable bonds is 4. The van der Waals surface area contributed by atoms with Crippen molar-refractivity contribution in [2.45, 2.75) is 6.54 Å². The van der Waals surface area contributed by atoms with Gasteiger partial charge >= 0.3 is 0 Å². The van der Waals surface area contributed by atoms with Gasteiger partial charge in [-0.05, 0) is 18.2 Å². The Bertz CT molecular complexity index is 674. The first kappa shape index (κ1) is 13.2. The van der Waals surface area contributed by atoms with Crippen molar-refractivity contribution in [2.75, 3.05) is 6.61 Å². The van der Waals surface area contributed by atoms with E-state index >= 15 is 0 Å². The SMILES string of the molecule is N#Cc1ccc(Cl)cc1OCCn1ccccc1=O. The zero-order chi connectivity index (χ0) is 13.7. The molecule has 5 heteroatoms. The fraction of sp³-hybridized carbons (Fsp3) is 0.143. The van der Waals surface area contributed by atoms with Gasteiger partial charge in [-0.15, -0.1) is 0 Å². The maximum absolute atomic E-state index is 11.5. The number of aromatic nitrogens is 1. The summed E-state index contributed by atoms with van der Waals surface area (Å²) in [5.74, 6) is 0.430. The molecule has 0 aliphatic heterocycles. The molecule has 0 aliphatic carbocycles. The average molecular weight is 275 g/mol. The summed E-state index contributed by atoms with van der Waals surface area (Å²) in [7, 11) is 0. The molecule has 0 unspecified atom stereocenters. The summed E-state index contributed by atoms with van der Waals surface area (Å²) in [5.41, 5.74) is 0.336. The van der Waals surface area contributed by atoms with Gasteiger partial charge in [-0.2, -0.15) is 5.26 Å². The molecule has 0 aliphatic rings. The molecule has 0 saturated carbocycles. The number of hydrogen-bond acceptors (Lipinski definition) is 3. The van der Waals surface area contributed by atoms with Gasteiger partial charge in [-0.3, -0.25) is 4.79 Å². The Morgan fingerprint density at radius 3 is 2.89 bits per heavy atom. The average Bonchev–Trinajstić information content (AvgIpc) is 2.41. The number of nitrogens with zero attached hydrogens (tertiary/aromatic N) is 2. The van der Waals surface area contributed by atoms with E-state index in [1.54, 1.807) is 36.5 Å². The number of nitriles is 1. The van der Waals surface area contributed by atoms with Gasteiger partial charge in [0.15, 0.2) is 0 Å². The lowest BCUT2D eigenvalue weighted by Gasteiger charge is -2.09. The lowest BCUT2D eigenvalue weighted by atomic mass is 10.2. The van der Waals surface area contributed by atoms with E-state index in [1.807, 2.05) is 6.07 Å². The highest BCUT2D eigenvalue weighted by Crippen LogP contribution is 2.22. The molecule has 0 fully saturated rings. The van der Waals surface area contributed by atoms with Crippen LogP contribution in [-0.2, 0) is 6.54 Å². The molecule has 1 aromatic carbocycles. The molecule has 2 rings (SSSR count). The molecule has 1 heterocycles. The minimum atomic E-state index is -0.0855. The number of hydrogen-bond donors (Lipinski definition) is 0. The van der Waals surface area contributed by atoms with Gasteiger partial charge in [0.1, 0.15) is 18.4 Å². The van der Waals surface area contributed by atoms with Crippen LogP contribution in [0.15, 0.2) is 47.4 Å². The molecule has 2 aromatic rings. The summed E-state index contributed by atoms with van der Waals surface area (Å²) in [4.78, 5) is 11.5. The second-order valence-electron chi connectivity index (χ2n) is 3.83. The van der Waals surface area contributed by atoms with Crippen LogP contribution in [0.1, 0.15) is 5.56 Å². The number of pyridine rings is 1. The number of benzene rings is 1. The molecule has 0 radical (unpaired) electrons. The summed E-state index contributed by atoms with van der Waals surface area (Å²) in [5, 5.41) is 9.45. The van der Waals surface area contributed by atoms with E-state index in [9.17, 15) is 4.79 Å². The molecule has 0 spiro atoms. The molecule has 0 N–H and O–H groups in total. The van der Waals surface area contributed by atoms with Crippen LogP contribution in [0.2, 0.25) is 5.02 Å². The van der Waals surface area contributed by atoms with Crippen LogP contribution in [0, 0.1) is 11.3 Å². The predicted octanol–water partition coefficient (Wildman–Crippen LogP) is 2.45. The van der Waals surface area contributed by atoms with Crippen molar-refractivity contribution in [3.63, 3.8) is 0 Å². The van der Waals surface area contributed by atoms with Gasteiger partial charge in [0, 0.05) is 23.4 Å². The van der Waals surface area contributed by atoms with Gasteiger partial charge in [0.2, 0.25) is 0 Å². The molecule has 0 amide bonds. The van der Waals surface area contributed by atoms with Crippen molar-refractivity contribution < 1.29 is 4.74 Å². The Kier molecular flexibility index (Phi) is 4.22. The normalized spacial score (nSPS) is 9.89. The standard InChI is InChI=1S/C14H11ClN2O2/c15-12-5-4-11(10-16)13(9-12)19-8-7-17-6-2-1-3-14(17)18/h1-6,9H,7-8H2. The van der Waals surface area contributed by atoms with E-state index in [-0.39, 0.29) is 5.56 Å². The Morgan fingerprint density at radius 1 is 1.32 bits per heavy atom. The summed E-state index contributed by atoms with van der Waals surface area (Å²) >= 11 is 5.85. The van der Waals surface area contributed by atoms with E-state index in [4.69, 9.17) is 21.6 Å². The smallest absolute Gasteiger partial charge is 0.250 e. The summed E-state index contributed by atoms with van der Waals surface area (Å²) in [6, 6.07) is 11.8. The highest BCUT2D eigenvalue weighted by Gasteiger charge is 2.04. The van der Waals surface area contributed by atoms with Crippen LogP contribution in [0.4, 0.5) is 0 Å². The zero-order valence-electron chi connectivity index (χ0n) is 10.0. The number of ether oxygens (including phenoxy) is 1. The largest absolute Gasteiger partial charge is 0.490 e. The van der Waals surface area contributed by atoms with Gasteiger partial charge in [-0.1, -0.05) is 17.7 Å². The Labute approximate surface area is 115 Å². The van der Waals surface area contributed by atoms with E-state index in [0.717, 1.165) is 0 Å². The molecular weight excluding hydrogens is 264 g/mol. The van der Waals surface area contributed by atoms with Crippen LogP contribution in [0.5, 0.6) is 5.75 Å². The van der Waals surface area contributed by atoms with Crippen molar-refractivity contribution in [3.8, 4) is 11.8 Å². The third-order valence-electron chi connectivity index (χ3n) is 2.55. The van der Waals surface area contributed by atoms with Crippen molar-refractivity contribution in [1.82, 2.24) is 4.57 Å². The maximum atomic E-state index is 11.5. The molecule has 19 heavy (non-hydrogen) atoms. The molecule has 1 aromatic heterocycles. The monoisotopic (exact) mass is 274 g/mol. The molecule has 0 saturated heterocycles. The topological polar surface area (TPSA) is 55.0 Å². The summed E-state index contributed by atoms with van der Waals surface area (Å²) in [6.45, 7) is 0.704. The Balaban J connectivity index is 2.04. The third kappa shape index (κ3) is 3.36. The lowest BCUT2D eigenvalue weighted by Crippen LogP contribution is -2.21. The van der Waals surface area contributed by atoms with Gasteiger partial charge in [-0.25, -0.2) is 0 Å². The van der Waals surface area contributed by atoms with Crippen LogP contribution >= 0.6 is 11.6 Å². The maximum Gasteiger partial charge on any atom is 0.250 e. The summed E-state index contributed by atoms with van der Waals surface area (Å²) < 4.78 is 7.04. The molecule has 0 bridgehead atoms. The first-order valence-corrected chi connectivity index (χ1v) is 6.06. The predicted molar refractivity (Wildman–Crippen MR) is 72.4 cm³/mol. The lowest BCUT2D eigenvalue weighted by molar-refractivity contribution is 0.295. The highest BCUT2D eigenvalue weighted by atomic mass is 35.5. The molecule has 96 valence electrons. The van der Waals surface area contributed by atoms with Crippen LogP contribution < -0.4 is 10.3 Å².